The van der Waals surface area contributed by atoms with Gasteiger partial charge >= 0.3 is 5.97 Å². The van der Waals surface area contributed by atoms with E-state index in [1.807, 2.05) is 42.5 Å². The van der Waals surface area contributed by atoms with E-state index in [-0.39, 0.29) is 29.5 Å². The smallest absolute Gasteiger partial charge is 0.329 e. The summed E-state index contributed by atoms with van der Waals surface area (Å²) in [6.45, 7) is 5.16. The lowest BCUT2D eigenvalue weighted by Gasteiger charge is -2.43. The van der Waals surface area contributed by atoms with Crippen molar-refractivity contribution in [1.82, 2.24) is 9.80 Å². The number of rotatable bonds is 13. The second kappa shape index (κ2) is 17.5. The van der Waals surface area contributed by atoms with E-state index in [0.717, 1.165) is 88.2 Å². The number of amides is 1. The highest BCUT2D eigenvalue weighted by Gasteiger charge is 2.45. The molecule has 0 aromatic heterocycles. The van der Waals surface area contributed by atoms with Crippen LogP contribution in [-0.4, -0.2) is 93.7 Å². The van der Waals surface area contributed by atoms with Gasteiger partial charge in [0.1, 0.15) is 30.3 Å². The lowest BCUT2D eigenvalue weighted by molar-refractivity contribution is -0.165. The van der Waals surface area contributed by atoms with E-state index < -0.39 is 12.1 Å². The quantitative estimate of drug-likeness (QED) is 0.242. The molecule has 2 saturated carbocycles. The summed E-state index contributed by atoms with van der Waals surface area (Å²) < 4.78 is 29.0. The molecule has 0 bridgehead atoms. The number of hydrogen-bond donors (Lipinski definition) is 0. The molecule has 2 aliphatic carbocycles. The van der Waals surface area contributed by atoms with E-state index in [1.54, 1.807) is 19.1 Å². The van der Waals surface area contributed by atoms with Crippen molar-refractivity contribution in [2.75, 3.05) is 60.2 Å². The SMILES string of the molecule is COc1ccc(CC[C@@H](OC(=O)[C@@H]2CCCCN2C(=O)[C@@H]2CC(=O)C[C@@H]3CCCC[C@H]32)c2cccc(OCCN3CCOCC3)c2)cc1OC. The van der Waals surface area contributed by atoms with Crippen molar-refractivity contribution in [3.63, 3.8) is 0 Å². The van der Waals surface area contributed by atoms with Crippen LogP contribution in [0, 0.1) is 17.8 Å². The molecule has 2 aromatic carbocycles. The number of morpholine rings is 1. The van der Waals surface area contributed by atoms with Gasteiger partial charge in [-0.1, -0.05) is 31.0 Å². The highest BCUT2D eigenvalue weighted by Crippen LogP contribution is 2.44. The Morgan fingerprint density at radius 2 is 1.70 bits per heavy atom. The molecule has 2 aromatic rings. The van der Waals surface area contributed by atoms with Crippen LogP contribution in [-0.2, 0) is 30.3 Å². The number of benzene rings is 2. The number of carbonyl (C=O) groups excluding carboxylic acids is 3. The van der Waals surface area contributed by atoms with Gasteiger partial charge in [-0.3, -0.25) is 14.5 Å². The molecule has 4 aliphatic rings. The van der Waals surface area contributed by atoms with Gasteiger partial charge in [0.25, 0.3) is 0 Å². The van der Waals surface area contributed by atoms with E-state index in [1.165, 1.54) is 0 Å². The number of methoxy groups -OCH3 is 2. The van der Waals surface area contributed by atoms with Crippen LogP contribution in [0.2, 0.25) is 0 Å². The van der Waals surface area contributed by atoms with Gasteiger partial charge in [0.2, 0.25) is 5.91 Å². The third-order valence-electron chi connectivity index (χ3n) is 11.2. The summed E-state index contributed by atoms with van der Waals surface area (Å²) in [5.74, 6) is 1.99. The maximum atomic E-state index is 14.2. The van der Waals surface area contributed by atoms with Gasteiger partial charge in [0, 0.05) is 44.9 Å². The molecule has 272 valence electrons. The minimum atomic E-state index is -0.660. The van der Waals surface area contributed by atoms with Crippen LogP contribution in [0.4, 0.5) is 0 Å². The van der Waals surface area contributed by atoms with E-state index >= 15 is 0 Å². The van der Waals surface area contributed by atoms with Crippen molar-refractivity contribution in [2.24, 2.45) is 17.8 Å². The minimum absolute atomic E-state index is 0.0332. The number of fused-ring (bicyclic) bond motifs is 1. The van der Waals surface area contributed by atoms with Crippen LogP contribution in [0.25, 0.3) is 0 Å². The number of piperidine rings is 1. The molecule has 5 atom stereocenters. The fourth-order valence-corrected chi connectivity index (χ4v) is 8.48. The first-order valence-corrected chi connectivity index (χ1v) is 18.7. The lowest BCUT2D eigenvalue weighted by Crippen LogP contribution is -2.53. The van der Waals surface area contributed by atoms with Crippen LogP contribution in [0.15, 0.2) is 42.5 Å². The van der Waals surface area contributed by atoms with Gasteiger partial charge in [-0.05, 0) is 92.2 Å². The highest BCUT2D eigenvalue weighted by atomic mass is 16.5. The molecule has 1 amide bonds. The zero-order valence-corrected chi connectivity index (χ0v) is 29.8. The molecule has 2 aliphatic heterocycles. The van der Waals surface area contributed by atoms with Crippen LogP contribution in [0.3, 0.4) is 0 Å². The van der Waals surface area contributed by atoms with E-state index in [4.69, 9.17) is 23.7 Å². The van der Waals surface area contributed by atoms with Crippen molar-refractivity contribution in [1.29, 1.82) is 0 Å². The van der Waals surface area contributed by atoms with E-state index in [2.05, 4.69) is 4.90 Å². The molecule has 2 saturated heterocycles. The largest absolute Gasteiger partial charge is 0.493 e. The van der Waals surface area contributed by atoms with Crippen LogP contribution in [0.1, 0.15) is 81.4 Å². The first kappa shape index (κ1) is 36.2. The number of carbonyl (C=O) groups is 3. The van der Waals surface area contributed by atoms with Gasteiger partial charge in [0.15, 0.2) is 11.5 Å². The number of aryl methyl sites for hydroxylation is 1. The topological polar surface area (TPSA) is 104 Å². The number of esters is 1. The summed E-state index contributed by atoms with van der Waals surface area (Å²) in [5, 5.41) is 0. The molecule has 4 fully saturated rings. The summed E-state index contributed by atoms with van der Waals surface area (Å²) in [5.41, 5.74) is 1.87. The van der Waals surface area contributed by atoms with Gasteiger partial charge in [0.05, 0.1) is 27.4 Å². The number of nitrogens with zero attached hydrogens (tertiary/aromatic N) is 2. The van der Waals surface area contributed by atoms with Crippen molar-refractivity contribution in [3.8, 4) is 17.2 Å². The maximum Gasteiger partial charge on any atom is 0.329 e. The number of Topliss-reactive ketones (excluding diaryl/α,β-unsaturated/α-hetero) is 1. The molecule has 0 radical (unpaired) electrons. The molecule has 6 rings (SSSR count). The fourth-order valence-electron chi connectivity index (χ4n) is 8.48. The second-order valence-electron chi connectivity index (χ2n) is 14.3. The third-order valence-corrected chi connectivity index (χ3v) is 11.2. The molecular formula is C40H54N2O8. The Bertz CT molecular complexity index is 1460. The monoisotopic (exact) mass is 690 g/mol. The van der Waals surface area contributed by atoms with E-state index in [9.17, 15) is 14.4 Å². The molecule has 10 nitrogen and oxygen atoms in total. The number of ketones is 1. The van der Waals surface area contributed by atoms with Gasteiger partial charge in [-0.25, -0.2) is 4.79 Å². The Morgan fingerprint density at radius 3 is 2.52 bits per heavy atom. The lowest BCUT2D eigenvalue weighted by atomic mass is 9.64. The maximum absolute atomic E-state index is 14.2. The Balaban J connectivity index is 1.18. The standard InChI is InChI=1S/C40H54N2O8/c1-46-37-16-14-28(24-38(37)47-2)13-15-36(30-9-7-10-32(26-30)49-23-20-41-18-21-48-22-19-41)50-40(45)35-12-5-6-17-42(35)39(44)34-27-31(43)25-29-8-3-4-11-33(29)34/h7,9-10,14,16,24,26,29,33-36H,3-6,8,11-13,15,17-23,25,27H2,1-2H3/t29-,33+,34+,35-,36+/m0/s1. The summed E-state index contributed by atoms with van der Waals surface area (Å²) in [4.78, 5) is 45.3. The molecule has 2 heterocycles. The highest BCUT2D eigenvalue weighted by molar-refractivity contribution is 5.91. The average molecular weight is 691 g/mol. The molecule has 0 unspecified atom stereocenters. The number of ether oxygens (including phenoxy) is 5. The van der Waals surface area contributed by atoms with Crippen LogP contribution < -0.4 is 14.2 Å². The summed E-state index contributed by atoms with van der Waals surface area (Å²) in [7, 11) is 3.23. The Morgan fingerprint density at radius 1 is 0.900 bits per heavy atom. The van der Waals surface area contributed by atoms with Crippen molar-refractivity contribution in [2.45, 2.75) is 82.8 Å². The van der Waals surface area contributed by atoms with Gasteiger partial charge < -0.3 is 28.6 Å². The summed E-state index contributed by atoms with van der Waals surface area (Å²) in [6.07, 6.45) is 7.97. The Kier molecular flexibility index (Phi) is 12.7. The molecule has 50 heavy (non-hydrogen) atoms. The number of likely N-dealkylation sites (tertiary alicyclic amines) is 1. The van der Waals surface area contributed by atoms with Crippen molar-refractivity contribution >= 4 is 17.7 Å². The fraction of sp³-hybridized carbons (Fsp3) is 0.625. The van der Waals surface area contributed by atoms with E-state index in [0.29, 0.717) is 62.7 Å². The minimum Gasteiger partial charge on any atom is -0.493 e. The van der Waals surface area contributed by atoms with Crippen LogP contribution >= 0.6 is 0 Å². The predicted octanol–water partition coefficient (Wildman–Crippen LogP) is 5.80. The molecule has 0 N–H and O–H groups in total. The average Bonchev–Trinajstić information content (AvgIpc) is 3.16. The zero-order chi connectivity index (χ0) is 34.9. The van der Waals surface area contributed by atoms with Crippen LogP contribution in [0.5, 0.6) is 17.2 Å². The molecular weight excluding hydrogens is 636 g/mol. The Labute approximate surface area is 296 Å². The Hall–Kier alpha value is -3.63. The van der Waals surface area contributed by atoms with Gasteiger partial charge in [-0.15, -0.1) is 0 Å². The normalized spacial score (nSPS) is 24.9. The first-order chi connectivity index (χ1) is 24.4. The first-order valence-electron chi connectivity index (χ1n) is 18.7. The third kappa shape index (κ3) is 8.99. The number of hydrogen-bond acceptors (Lipinski definition) is 9. The van der Waals surface area contributed by atoms with Crippen molar-refractivity contribution < 1.29 is 38.1 Å². The predicted molar refractivity (Wildman–Crippen MR) is 188 cm³/mol. The molecule has 10 heteroatoms. The second-order valence-corrected chi connectivity index (χ2v) is 14.3. The van der Waals surface area contributed by atoms with Crippen molar-refractivity contribution in [3.05, 3.63) is 53.6 Å². The summed E-state index contributed by atoms with van der Waals surface area (Å²) in [6, 6.07) is 13.0. The van der Waals surface area contributed by atoms with Gasteiger partial charge in [-0.2, -0.15) is 0 Å². The summed E-state index contributed by atoms with van der Waals surface area (Å²) >= 11 is 0. The molecule has 0 spiro atoms. The zero-order valence-electron chi connectivity index (χ0n) is 29.8.